The van der Waals surface area contributed by atoms with E-state index in [1.54, 1.807) is 10.8 Å². The van der Waals surface area contributed by atoms with Gasteiger partial charge in [-0.1, -0.05) is 60.7 Å². The number of aromatic nitrogens is 3. The maximum Gasteiger partial charge on any atom is 0.280 e. The van der Waals surface area contributed by atoms with Gasteiger partial charge in [-0.15, -0.1) is 11.3 Å². The zero-order valence-electron chi connectivity index (χ0n) is 18.6. The minimum Gasteiger partial charge on any atom is -0.286 e. The number of pyridine rings is 1. The number of ketones is 1. The summed E-state index contributed by atoms with van der Waals surface area (Å²) in [6, 6.07) is 27.7. The Labute approximate surface area is 205 Å². The van der Waals surface area contributed by atoms with E-state index >= 15 is 0 Å². The van der Waals surface area contributed by atoms with Crippen molar-refractivity contribution >= 4 is 22.8 Å². The highest BCUT2D eigenvalue weighted by Gasteiger charge is 2.22. The first-order valence-corrected chi connectivity index (χ1v) is 11.9. The number of thiophene rings is 1. The van der Waals surface area contributed by atoms with E-state index in [4.69, 9.17) is 0 Å². The number of aromatic amines is 1. The molecule has 3 aromatic heterocycles. The highest BCUT2D eigenvalue weighted by Crippen LogP contribution is 2.32. The van der Waals surface area contributed by atoms with Crippen LogP contribution in [0.15, 0.2) is 103 Å². The molecule has 0 radical (unpaired) electrons. The van der Waals surface area contributed by atoms with Gasteiger partial charge in [0.25, 0.3) is 5.69 Å². The normalized spacial score (nSPS) is 11.0. The lowest BCUT2D eigenvalue weighted by Gasteiger charge is -2.15. The minimum atomic E-state index is -0.491. The molecule has 5 rings (SSSR count). The van der Waals surface area contributed by atoms with Crippen LogP contribution in [0.1, 0.15) is 32.4 Å². The van der Waals surface area contributed by atoms with Crippen molar-refractivity contribution in [2.24, 2.45) is 0 Å². The maximum absolute atomic E-state index is 12.7. The van der Waals surface area contributed by atoms with Crippen molar-refractivity contribution in [1.29, 1.82) is 0 Å². The highest BCUT2D eigenvalue weighted by molar-refractivity contribution is 7.12. The van der Waals surface area contributed by atoms with Crippen LogP contribution in [0.5, 0.6) is 0 Å². The van der Waals surface area contributed by atoms with Gasteiger partial charge in [0.15, 0.2) is 12.4 Å². The van der Waals surface area contributed by atoms with E-state index < -0.39 is 4.92 Å². The van der Waals surface area contributed by atoms with Gasteiger partial charge in [0.1, 0.15) is 0 Å². The Morgan fingerprint density at radius 2 is 1.69 bits per heavy atom. The summed E-state index contributed by atoms with van der Waals surface area (Å²) in [5.41, 5.74) is 4.86. The molecule has 0 amide bonds. The third-order valence-corrected chi connectivity index (χ3v) is 6.68. The van der Waals surface area contributed by atoms with Crippen LogP contribution in [-0.2, 0) is 6.54 Å². The Kier molecular flexibility index (Phi) is 6.28. The van der Waals surface area contributed by atoms with Crippen LogP contribution in [0.25, 0.3) is 11.3 Å². The van der Waals surface area contributed by atoms with Crippen LogP contribution in [0.3, 0.4) is 0 Å². The van der Waals surface area contributed by atoms with Gasteiger partial charge in [-0.25, -0.2) is 0 Å². The number of rotatable bonds is 8. The second-order valence-corrected chi connectivity index (χ2v) is 8.99. The van der Waals surface area contributed by atoms with Gasteiger partial charge in [-0.2, -0.15) is 9.67 Å². The summed E-state index contributed by atoms with van der Waals surface area (Å²) in [6.07, 6.45) is 3.68. The number of carbonyl (C=O) groups is 1. The Morgan fingerprint density at radius 3 is 2.31 bits per heavy atom. The number of benzene rings is 2. The first-order valence-electron chi connectivity index (χ1n) is 11.0. The van der Waals surface area contributed by atoms with E-state index in [-0.39, 0.29) is 23.9 Å². The number of nitro groups is 1. The molecule has 8 heteroatoms. The molecule has 0 unspecified atom stereocenters. The molecule has 0 aliphatic carbocycles. The zero-order chi connectivity index (χ0) is 24.2. The molecule has 2 aromatic carbocycles. The molecule has 0 spiro atoms. The van der Waals surface area contributed by atoms with Gasteiger partial charge in [0.2, 0.25) is 12.3 Å². The van der Waals surface area contributed by atoms with E-state index in [9.17, 15) is 14.9 Å². The molecular formula is C27H21N4O3S+. The second kappa shape index (κ2) is 9.82. The molecule has 0 aliphatic heterocycles. The highest BCUT2D eigenvalue weighted by atomic mass is 32.1. The lowest BCUT2D eigenvalue weighted by Crippen LogP contribution is -2.37. The van der Waals surface area contributed by atoms with Crippen molar-refractivity contribution in [2.75, 3.05) is 0 Å². The largest absolute Gasteiger partial charge is 0.286 e. The molecule has 0 saturated heterocycles. The number of H-pyrrole nitrogens is 1. The monoisotopic (exact) mass is 481 g/mol. The lowest BCUT2D eigenvalue weighted by atomic mass is 9.88. The topological polar surface area (TPSA) is 92.8 Å². The van der Waals surface area contributed by atoms with Crippen LogP contribution < -0.4 is 4.57 Å². The van der Waals surface area contributed by atoms with E-state index in [0.717, 1.165) is 39.4 Å². The van der Waals surface area contributed by atoms with Gasteiger partial charge in [-0.05, 0) is 23.3 Å². The number of hydrogen-bond donors (Lipinski definition) is 1. The van der Waals surface area contributed by atoms with E-state index in [1.807, 2.05) is 60.8 Å². The van der Waals surface area contributed by atoms with Gasteiger partial charge in [0.05, 0.1) is 38.0 Å². The quantitative estimate of drug-likeness (QED) is 0.139. The van der Waals surface area contributed by atoms with Gasteiger partial charge in [0, 0.05) is 12.1 Å². The number of Topliss-reactive ketones (excluding diaryl/α,β-unsaturated/α-hetero) is 1. The molecule has 3 heterocycles. The summed E-state index contributed by atoms with van der Waals surface area (Å²) in [4.78, 5) is 23.4. The first-order chi connectivity index (χ1) is 17.1. The summed E-state index contributed by atoms with van der Waals surface area (Å²) in [6.45, 7) is 0.0865. The Hall–Kier alpha value is -4.43. The van der Waals surface area contributed by atoms with E-state index in [0.29, 0.717) is 4.88 Å². The maximum atomic E-state index is 12.7. The van der Waals surface area contributed by atoms with Crippen LogP contribution >= 0.6 is 11.3 Å². The van der Waals surface area contributed by atoms with Crippen LogP contribution in [0, 0.1) is 10.1 Å². The number of nitrogens with one attached hydrogen (secondary N) is 1. The van der Waals surface area contributed by atoms with Gasteiger partial charge < -0.3 is 0 Å². The minimum absolute atomic E-state index is 0.0190. The zero-order valence-corrected chi connectivity index (χ0v) is 19.4. The predicted molar refractivity (Wildman–Crippen MR) is 133 cm³/mol. The fraction of sp³-hybridized carbons (Fsp3) is 0.0741. The van der Waals surface area contributed by atoms with Crippen molar-refractivity contribution in [3.63, 3.8) is 0 Å². The average Bonchev–Trinajstić information content (AvgIpc) is 3.57. The molecule has 0 aliphatic rings. The molecule has 0 bridgehead atoms. The molecular weight excluding hydrogens is 460 g/mol. The Morgan fingerprint density at radius 1 is 1.00 bits per heavy atom. The van der Waals surface area contributed by atoms with Crippen molar-refractivity contribution in [3.8, 4) is 11.3 Å². The third kappa shape index (κ3) is 4.92. The van der Waals surface area contributed by atoms with Gasteiger partial charge >= 0.3 is 0 Å². The smallest absolute Gasteiger partial charge is 0.280 e. The SMILES string of the molecule is O=C(C[n+]1cccc(-c2cc(C(c3ccccc3)c3ccccc3)n[nH]2)c1)c1cc([N+](=O)[O-])cs1. The van der Waals surface area contributed by atoms with E-state index in [2.05, 4.69) is 34.5 Å². The molecule has 35 heavy (non-hydrogen) atoms. The molecule has 0 atom stereocenters. The first kappa shape index (κ1) is 22.4. The number of carbonyl (C=O) groups excluding carboxylic acids is 1. The molecule has 172 valence electrons. The van der Waals surface area contributed by atoms with Crippen molar-refractivity contribution < 1.29 is 14.3 Å². The van der Waals surface area contributed by atoms with Crippen LogP contribution in [-0.4, -0.2) is 20.9 Å². The van der Waals surface area contributed by atoms with Crippen molar-refractivity contribution in [3.05, 3.63) is 135 Å². The molecule has 0 saturated carbocycles. The summed E-state index contributed by atoms with van der Waals surface area (Å²) >= 11 is 1.09. The Bertz CT molecular complexity index is 1440. The van der Waals surface area contributed by atoms with Crippen molar-refractivity contribution in [2.45, 2.75) is 12.5 Å². The standard InChI is InChI=1S/C27H21N4O3S/c32-25(26-14-22(18-35-26)31(33)34)17-30-13-7-12-21(16-30)23-15-24(29-28-23)27(19-8-3-1-4-9-19)20-10-5-2-6-11-20/h1-16,18,27H,17H2,(H,28,29)/q+1. The average molecular weight is 482 g/mol. The summed E-state index contributed by atoms with van der Waals surface area (Å²) in [5, 5.41) is 20.1. The van der Waals surface area contributed by atoms with E-state index in [1.165, 1.54) is 11.4 Å². The van der Waals surface area contributed by atoms with Crippen molar-refractivity contribution in [1.82, 2.24) is 10.2 Å². The fourth-order valence-electron chi connectivity index (χ4n) is 4.05. The number of hydrogen-bond acceptors (Lipinski definition) is 5. The lowest BCUT2D eigenvalue weighted by molar-refractivity contribution is -0.682. The Balaban J connectivity index is 1.41. The summed E-state index contributed by atoms with van der Waals surface area (Å²) in [5.74, 6) is -0.196. The van der Waals surface area contributed by atoms with Crippen LogP contribution in [0.2, 0.25) is 0 Å². The summed E-state index contributed by atoms with van der Waals surface area (Å²) in [7, 11) is 0. The third-order valence-electron chi connectivity index (χ3n) is 5.73. The fourth-order valence-corrected chi connectivity index (χ4v) is 4.84. The summed E-state index contributed by atoms with van der Waals surface area (Å²) < 4.78 is 1.77. The molecule has 1 N–H and O–H groups in total. The molecule has 0 fully saturated rings. The molecule has 5 aromatic rings. The number of nitrogens with zero attached hydrogens (tertiary/aromatic N) is 3. The predicted octanol–water partition coefficient (Wildman–Crippen LogP) is 5.40. The van der Waals surface area contributed by atoms with Gasteiger partial charge in [-0.3, -0.25) is 20.0 Å². The second-order valence-electron chi connectivity index (χ2n) is 8.08. The molecule has 7 nitrogen and oxygen atoms in total. The van der Waals surface area contributed by atoms with Crippen LogP contribution in [0.4, 0.5) is 5.69 Å².